The fourth-order valence-corrected chi connectivity index (χ4v) is 3.83. The van der Waals surface area contributed by atoms with Crippen molar-refractivity contribution in [2.75, 3.05) is 31.1 Å². The zero-order chi connectivity index (χ0) is 16.4. The van der Waals surface area contributed by atoms with E-state index >= 15 is 0 Å². The highest BCUT2D eigenvalue weighted by Crippen LogP contribution is 2.25. The molecule has 6 heteroatoms. The van der Waals surface area contributed by atoms with Gasteiger partial charge >= 0.3 is 0 Å². The highest BCUT2D eigenvalue weighted by Gasteiger charge is 2.26. The number of piperazine rings is 1. The van der Waals surface area contributed by atoms with E-state index in [2.05, 4.69) is 35.6 Å². The lowest BCUT2D eigenvalue weighted by Gasteiger charge is -2.34. The fraction of sp³-hybridized carbons (Fsp3) is 0.529. The van der Waals surface area contributed by atoms with Gasteiger partial charge in [0, 0.05) is 49.1 Å². The molecule has 0 atom stereocenters. The highest BCUT2D eigenvalue weighted by atomic mass is 32.1. The van der Waals surface area contributed by atoms with Crippen LogP contribution < -0.4 is 4.90 Å². The summed E-state index contributed by atoms with van der Waals surface area (Å²) in [5.41, 5.74) is 1.85. The van der Waals surface area contributed by atoms with E-state index in [9.17, 15) is 4.79 Å². The summed E-state index contributed by atoms with van der Waals surface area (Å²) in [7, 11) is 0. The highest BCUT2D eigenvalue weighted by molar-refractivity contribution is 7.15. The van der Waals surface area contributed by atoms with E-state index in [1.54, 1.807) is 11.3 Å². The van der Waals surface area contributed by atoms with Crippen LogP contribution in [0.5, 0.6) is 0 Å². The molecule has 1 amide bonds. The lowest BCUT2D eigenvalue weighted by Crippen LogP contribution is -2.48. The Kier molecular flexibility index (Phi) is 4.71. The van der Waals surface area contributed by atoms with Gasteiger partial charge in [-0.1, -0.05) is 20.8 Å². The monoisotopic (exact) mass is 332 g/mol. The van der Waals surface area contributed by atoms with Crippen LogP contribution in [0.25, 0.3) is 0 Å². The first-order valence-electron chi connectivity index (χ1n) is 8.26. The van der Waals surface area contributed by atoms with Crippen LogP contribution in [-0.2, 0) is 6.42 Å². The summed E-state index contributed by atoms with van der Waals surface area (Å²) in [4.78, 5) is 26.0. The van der Waals surface area contributed by atoms with Gasteiger partial charge in [-0.3, -0.25) is 4.79 Å². The molecule has 0 radical (unpaired) electrons. The van der Waals surface area contributed by atoms with Crippen molar-refractivity contribution in [1.82, 2.24) is 14.9 Å². The van der Waals surface area contributed by atoms with E-state index in [4.69, 9.17) is 0 Å². The van der Waals surface area contributed by atoms with Crippen LogP contribution in [0.1, 0.15) is 47.6 Å². The van der Waals surface area contributed by atoms with Crippen LogP contribution in [-0.4, -0.2) is 47.0 Å². The molecule has 0 saturated carbocycles. The summed E-state index contributed by atoms with van der Waals surface area (Å²) >= 11 is 1.76. The Morgan fingerprint density at radius 3 is 2.70 bits per heavy atom. The molecule has 0 aromatic carbocycles. The molecule has 0 bridgehead atoms. The van der Waals surface area contributed by atoms with Crippen LogP contribution in [0.2, 0.25) is 0 Å². The van der Waals surface area contributed by atoms with E-state index in [-0.39, 0.29) is 5.91 Å². The second-order valence-electron chi connectivity index (χ2n) is 6.20. The Hall–Kier alpha value is -1.82. The molecule has 0 aliphatic carbocycles. The van der Waals surface area contributed by atoms with Crippen LogP contribution in [0.15, 0.2) is 18.5 Å². The predicted molar refractivity (Wildman–Crippen MR) is 94.5 cm³/mol. The quantitative estimate of drug-likeness (QED) is 0.936. The van der Waals surface area contributed by atoms with E-state index in [0.29, 0.717) is 5.92 Å². The van der Waals surface area contributed by atoms with E-state index in [0.717, 1.165) is 49.0 Å². The smallest absolute Gasteiger partial charge is 0.255 e. The first kappa shape index (κ1) is 16.1. The van der Waals surface area contributed by atoms with Crippen LogP contribution >= 0.6 is 11.3 Å². The second kappa shape index (κ2) is 6.74. The van der Waals surface area contributed by atoms with Crippen molar-refractivity contribution in [3.63, 3.8) is 0 Å². The maximum absolute atomic E-state index is 12.8. The number of amides is 1. The van der Waals surface area contributed by atoms with Gasteiger partial charge in [0.05, 0.1) is 5.56 Å². The van der Waals surface area contributed by atoms with Crippen molar-refractivity contribution in [3.8, 4) is 0 Å². The standard InChI is InChI=1S/C17H24N4OS/c1-4-13-11-19-17(23-13)21-9-7-20(8-10-21)16(22)14-5-6-18-15(14)12(2)3/h5-6,11-12,18H,4,7-10H2,1-3H3. The molecule has 3 rings (SSSR count). The normalized spacial score (nSPS) is 15.5. The van der Waals surface area contributed by atoms with Crippen molar-refractivity contribution >= 4 is 22.4 Å². The number of H-pyrrole nitrogens is 1. The third-order valence-corrected chi connectivity index (χ3v) is 5.52. The zero-order valence-electron chi connectivity index (χ0n) is 14.0. The maximum atomic E-state index is 12.8. The minimum absolute atomic E-state index is 0.142. The minimum atomic E-state index is 0.142. The molecule has 23 heavy (non-hydrogen) atoms. The van der Waals surface area contributed by atoms with E-state index in [1.165, 1.54) is 4.88 Å². The van der Waals surface area contributed by atoms with Crippen molar-refractivity contribution in [3.05, 3.63) is 34.6 Å². The number of nitrogens with one attached hydrogen (secondary N) is 1. The molecule has 0 unspecified atom stereocenters. The van der Waals surface area contributed by atoms with Gasteiger partial charge < -0.3 is 14.8 Å². The Morgan fingerprint density at radius 1 is 1.35 bits per heavy atom. The maximum Gasteiger partial charge on any atom is 0.255 e. The number of nitrogens with zero attached hydrogens (tertiary/aromatic N) is 3. The summed E-state index contributed by atoms with van der Waals surface area (Å²) in [6.07, 6.45) is 4.86. The van der Waals surface area contributed by atoms with Gasteiger partial charge in [-0.25, -0.2) is 4.98 Å². The van der Waals surface area contributed by atoms with Gasteiger partial charge in [-0.05, 0) is 18.4 Å². The molecule has 124 valence electrons. The summed E-state index contributed by atoms with van der Waals surface area (Å²) < 4.78 is 0. The molecule has 2 aromatic heterocycles. The Labute approximate surface area is 141 Å². The Balaban J connectivity index is 1.64. The van der Waals surface area contributed by atoms with E-state index in [1.807, 2.05) is 23.4 Å². The van der Waals surface area contributed by atoms with Gasteiger partial charge in [-0.2, -0.15) is 0 Å². The van der Waals surface area contributed by atoms with Crippen LogP contribution in [0, 0.1) is 0 Å². The Bertz CT molecular complexity index is 668. The number of thiazole rings is 1. The van der Waals surface area contributed by atoms with Gasteiger partial charge in [-0.15, -0.1) is 11.3 Å². The molecule has 1 fully saturated rings. The number of carbonyl (C=O) groups is 1. The third-order valence-electron chi connectivity index (χ3n) is 4.31. The number of carbonyl (C=O) groups excluding carboxylic acids is 1. The van der Waals surface area contributed by atoms with Crippen LogP contribution in [0.3, 0.4) is 0 Å². The van der Waals surface area contributed by atoms with Gasteiger partial charge in [0.2, 0.25) is 0 Å². The van der Waals surface area contributed by atoms with Crippen molar-refractivity contribution < 1.29 is 4.79 Å². The SMILES string of the molecule is CCc1cnc(N2CCN(C(=O)c3cc[nH]c3C(C)C)CC2)s1. The number of anilines is 1. The number of hydrogen-bond donors (Lipinski definition) is 1. The fourth-order valence-electron chi connectivity index (χ4n) is 2.92. The van der Waals surface area contributed by atoms with Crippen LogP contribution in [0.4, 0.5) is 5.13 Å². The van der Waals surface area contributed by atoms with Gasteiger partial charge in [0.15, 0.2) is 5.13 Å². The third kappa shape index (κ3) is 3.27. The number of aromatic amines is 1. The number of rotatable bonds is 4. The van der Waals surface area contributed by atoms with E-state index < -0.39 is 0 Å². The lowest BCUT2D eigenvalue weighted by atomic mass is 10.1. The first-order valence-corrected chi connectivity index (χ1v) is 9.08. The van der Waals surface area contributed by atoms with Gasteiger partial charge in [0.25, 0.3) is 5.91 Å². The predicted octanol–water partition coefficient (Wildman–Crippen LogP) is 3.12. The second-order valence-corrected chi connectivity index (χ2v) is 7.30. The summed E-state index contributed by atoms with van der Waals surface area (Å²) in [5.74, 6) is 0.469. The number of hydrogen-bond acceptors (Lipinski definition) is 4. The largest absolute Gasteiger partial charge is 0.364 e. The lowest BCUT2D eigenvalue weighted by molar-refractivity contribution is 0.0745. The molecular weight excluding hydrogens is 308 g/mol. The first-order chi connectivity index (χ1) is 11.1. The Morgan fingerprint density at radius 2 is 2.09 bits per heavy atom. The average molecular weight is 332 g/mol. The summed E-state index contributed by atoms with van der Waals surface area (Å²) in [6.45, 7) is 9.57. The van der Waals surface area contributed by atoms with Gasteiger partial charge in [0.1, 0.15) is 0 Å². The summed E-state index contributed by atoms with van der Waals surface area (Å²) in [6, 6.07) is 1.90. The molecule has 2 aromatic rings. The summed E-state index contributed by atoms with van der Waals surface area (Å²) in [5, 5.41) is 1.08. The molecule has 1 aliphatic heterocycles. The molecule has 1 N–H and O–H groups in total. The number of aromatic nitrogens is 2. The minimum Gasteiger partial charge on any atom is -0.364 e. The van der Waals surface area contributed by atoms with Crippen molar-refractivity contribution in [2.24, 2.45) is 0 Å². The van der Waals surface area contributed by atoms with Crippen molar-refractivity contribution in [1.29, 1.82) is 0 Å². The molecular formula is C17H24N4OS. The topological polar surface area (TPSA) is 52.2 Å². The number of aryl methyl sites for hydroxylation is 1. The molecule has 1 saturated heterocycles. The molecule has 3 heterocycles. The zero-order valence-corrected chi connectivity index (χ0v) is 14.8. The van der Waals surface area contributed by atoms with Crippen molar-refractivity contribution in [2.45, 2.75) is 33.1 Å². The molecule has 5 nitrogen and oxygen atoms in total. The molecule has 1 aliphatic rings. The molecule has 0 spiro atoms. The average Bonchev–Trinajstić information content (AvgIpc) is 3.23.